The fraction of sp³-hybridized carbons (Fsp3) is 0.706. The molecule has 2 heterocycles. The van der Waals surface area contributed by atoms with Crippen molar-refractivity contribution in [3.63, 3.8) is 0 Å². The van der Waals surface area contributed by atoms with Crippen LogP contribution in [0.1, 0.15) is 52.8 Å². The van der Waals surface area contributed by atoms with E-state index in [2.05, 4.69) is 72.6 Å². The molecule has 0 aromatic carbocycles. The van der Waals surface area contributed by atoms with Crippen molar-refractivity contribution in [1.29, 1.82) is 0 Å². The second kappa shape index (κ2) is 5.99. The molecule has 127 valence electrons. The van der Waals surface area contributed by atoms with Gasteiger partial charge in [0.15, 0.2) is 0 Å². The molecule has 2 rings (SSSR count). The lowest BCUT2D eigenvalue weighted by Crippen LogP contribution is -2.41. The van der Waals surface area contributed by atoms with Crippen LogP contribution in [0, 0.1) is 6.92 Å². The predicted octanol–water partition coefficient (Wildman–Crippen LogP) is 3.19. The second-order valence-corrected chi connectivity index (χ2v) is 10.1. The smallest absolute Gasteiger partial charge is 0.407 e. The Hall–Kier alpha value is -0.688. The summed E-state index contributed by atoms with van der Waals surface area (Å²) in [6.45, 7) is 18.7. The third-order valence-corrected chi connectivity index (χ3v) is 5.65. The van der Waals surface area contributed by atoms with E-state index in [9.17, 15) is 0 Å². The van der Waals surface area contributed by atoms with Crippen molar-refractivity contribution < 1.29 is 13.7 Å². The van der Waals surface area contributed by atoms with E-state index in [1.54, 1.807) is 0 Å². The molecular formula is C17H29BNO3Si. The van der Waals surface area contributed by atoms with Gasteiger partial charge in [0.2, 0.25) is 9.04 Å². The van der Waals surface area contributed by atoms with Crippen molar-refractivity contribution in [3.8, 4) is 0 Å². The fourth-order valence-electron chi connectivity index (χ4n) is 2.68. The van der Waals surface area contributed by atoms with Crippen LogP contribution in [0.25, 0.3) is 0 Å². The van der Waals surface area contributed by atoms with E-state index in [-0.39, 0.29) is 23.9 Å². The van der Waals surface area contributed by atoms with E-state index in [0.717, 1.165) is 16.7 Å². The zero-order valence-electron chi connectivity index (χ0n) is 15.9. The normalized spacial score (nSPS) is 20.3. The largest absolute Gasteiger partial charge is 0.496 e. The van der Waals surface area contributed by atoms with Crippen molar-refractivity contribution in [2.75, 3.05) is 0 Å². The van der Waals surface area contributed by atoms with Gasteiger partial charge >= 0.3 is 7.12 Å². The Kier molecular flexibility index (Phi) is 4.86. The van der Waals surface area contributed by atoms with Gasteiger partial charge < -0.3 is 13.7 Å². The van der Waals surface area contributed by atoms with Crippen LogP contribution >= 0.6 is 0 Å². The van der Waals surface area contributed by atoms with E-state index in [1.165, 1.54) is 0 Å². The van der Waals surface area contributed by atoms with Crippen LogP contribution < -0.4 is 5.46 Å². The maximum Gasteiger partial charge on any atom is 0.496 e. The zero-order chi connectivity index (χ0) is 17.6. The SMILES string of the molecule is Cc1cc(C(C)(C)O[Si](C)C)ncc1B1OC(C)(C)C(C)(C)O1. The molecule has 1 aliphatic heterocycles. The minimum absolute atomic E-state index is 0.340. The summed E-state index contributed by atoms with van der Waals surface area (Å²) in [5.41, 5.74) is 1.99. The summed E-state index contributed by atoms with van der Waals surface area (Å²) in [7, 11) is -1.17. The summed E-state index contributed by atoms with van der Waals surface area (Å²) in [5.74, 6) is 0. The van der Waals surface area contributed by atoms with Crippen molar-refractivity contribution in [3.05, 3.63) is 23.5 Å². The molecule has 0 saturated carbocycles. The molecule has 0 amide bonds. The monoisotopic (exact) mass is 334 g/mol. The Morgan fingerprint density at radius 2 is 1.65 bits per heavy atom. The molecule has 6 heteroatoms. The summed E-state index contributed by atoms with van der Waals surface area (Å²) in [4.78, 5) is 4.64. The van der Waals surface area contributed by atoms with Crippen molar-refractivity contribution >= 4 is 21.6 Å². The first kappa shape index (κ1) is 18.6. The molecule has 1 fully saturated rings. The highest BCUT2D eigenvalue weighted by Crippen LogP contribution is 2.36. The summed E-state index contributed by atoms with van der Waals surface area (Å²) >= 11 is 0. The number of aryl methyl sites for hydroxylation is 1. The standard InChI is InChI=1S/C17H29BNO3Si/c1-12-10-14(15(2,3)22-23(8)9)19-11-13(12)18-20-16(4,5)17(6,7)21-18/h10-11H,1-9H3. The highest BCUT2D eigenvalue weighted by atomic mass is 28.3. The Balaban J connectivity index is 2.28. The van der Waals surface area contributed by atoms with Gasteiger partial charge in [-0.25, -0.2) is 0 Å². The Morgan fingerprint density at radius 1 is 1.13 bits per heavy atom. The molecule has 1 aliphatic rings. The molecule has 0 bridgehead atoms. The molecule has 23 heavy (non-hydrogen) atoms. The van der Waals surface area contributed by atoms with Gasteiger partial charge in [0, 0.05) is 11.7 Å². The molecule has 1 aromatic rings. The van der Waals surface area contributed by atoms with Crippen LogP contribution in [0.15, 0.2) is 12.3 Å². The lowest BCUT2D eigenvalue weighted by molar-refractivity contribution is 0.00578. The number of aromatic nitrogens is 1. The average Bonchev–Trinajstić information content (AvgIpc) is 2.56. The van der Waals surface area contributed by atoms with Gasteiger partial charge in [-0.2, -0.15) is 0 Å². The van der Waals surface area contributed by atoms with E-state index < -0.39 is 9.04 Å². The van der Waals surface area contributed by atoms with Crippen LogP contribution in [-0.2, 0) is 19.3 Å². The highest BCUT2D eigenvalue weighted by Gasteiger charge is 2.52. The molecule has 0 unspecified atom stereocenters. The first-order chi connectivity index (χ1) is 10.4. The minimum Gasteiger partial charge on any atom is -0.407 e. The lowest BCUT2D eigenvalue weighted by Gasteiger charge is -2.32. The van der Waals surface area contributed by atoms with Gasteiger partial charge in [-0.3, -0.25) is 4.98 Å². The van der Waals surface area contributed by atoms with Gasteiger partial charge in [-0.1, -0.05) is 0 Å². The summed E-state index contributed by atoms with van der Waals surface area (Å²) in [6, 6.07) is 2.09. The third kappa shape index (κ3) is 3.71. The zero-order valence-corrected chi connectivity index (χ0v) is 16.9. The van der Waals surface area contributed by atoms with Crippen LogP contribution in [0.3, 0.4) is 0 Å². The highest BCUT2D eigenvalue weighted by molar-refractivity contribution is 6.62. The number of hydrogen-bond acceptors (Lipinski definition) is 4. The van der Waals surface area contributed by atoms with Gasteiger partial charge in [-0.05, 0) is 73.2 Å². The first-order valence-electron chi connectivity index (χ1n) is 8.17. The molecule has 1 aromatic heterocycles. The minimum atomic E-state index is -0.796. The molecule has 0 spiro atoms. The Bertz CT molecular complexity index is 571. The van der Waals surface area contributed by atoms with Crippen LogP contribution in [0.5, 0.6) is 0 Å². The number of pyridine rings is 1. The van der Waals surface area contributed by atoms with Gasteiger partial charge in [0.05, 0.1) is 22.5 Å². The van der Waals surface area contributed by atoms with E-state index >= 15 is 0 Å². The maximum absolute atomic E-state index is 6.13. The van der Waals surface area contributed by atoms with Gasteiger partial charge in [0.1, 0.15) is 0 Å². The summed E-state index contributed by atoms with van der Waals surface area (Å²) in [6.07, 6.45) is 1.87. The van der Waals surface area contributed by atoms with Crippen LogP contribution in [0.2, 0.25) is 13.1 Å². The molecule has 0 aliphatic carbocycles. The van der Waals surface area contributed by atoms with E-state index in [4.69, 9.17) is 13.7 Å². The van der Waals surface area contributed by atoms with Crippen molar-refractivity contribution in [2.45, 2.75) is 78.4 Å². The molecule has 0 atom stereocenters. The van der Waals surface area contributed by atoms with Gasteiger partial charge in [0.25, 0.3) is 0 Å². The van der Waals surface area contributed by atoms with Crippen LogP contribution in [0.4, 0.5) is 0 Å². The Labute approximate surface area is 142 Å². The number of rotatable bonds is 4. The fourth-order valence-corrected chi connectivity index (χ4v) is 3.80. The molecule has 4 nitrogen and oxygen atoms in total. The molecular weight excluding hydrogens is 305 g/mol. The summed E-state index contributed by atoms with van der Waals surface area (Å²) in [5, 5.41) is 0. The third-order valence-electron chi connectivity index (χ3n) is 4.73. The molecule has 1 radical (unpaired) electrons. The number of hydrogen-bond donors (Lipinski definition) is 0. The van der Waals surface area contributed by atoms with E-state index in [1.807, 2.05) is 6.20 Å². The Morgan fingerprint density at radius 3 is 2.09 bits per heavy atom. The van der Waals surface area contributed by atoms with Crippen LogP contribution in [-0.4, -0.2) is 32.3 Å². The second-order valence-electron chi connectivity index (χ2n) is 8.04. The van der Waals surface area contributed by atoms with Crippen molar-refractivity contribution in [2.24, 2.45) is 0 Å². The van der Waals surface area contributed by atoms with Crippen molar-refractivity contribution in [1.82, 2.24) is 4.98 Å². The van der Waals surface area contributed by atoms with Gasteiger partial charge in [-0.15, -0.1) is 0 Å². The lowest BCUT2D eigenvalue weighted by atomic mass is 9.77. The topological polar surface area (TPSA) is 40.6 Å². The average molecular weight is 334 g/mol. The molecule has 0 N–H and O–H groups in total. The maximum atomic E-state index is 6.13. The number of nitrogens with zero attached hydrogens (tertiary/aromatic N) is 1. The van der Waals surface area contributed by atoms with E-state index in [0.29, 0.717) is 0 Å². The molecule has 1 saturated heterocycles. The first-order valence-corrected chi connectivity index (χ1v) is 10.6. The predicted molar refractivity (Wildman–Crippen MR) is 96.3 cm³/mol. The summed E-state index contributed by atoms with van der Waals surface area (Å²) < 4.78 is 18.4. The quantitative estimate of drug-likeness (QED) is 0.793.